The van der Waals surface area contributed by atoms with Gasteiger partial charge in [0, 0.05) is 6.04 Å². The number of rotatable bonds is 6. The number of nitrogens with one attached hydrogen (secondary N) is 1. The zero-order valence-corrected chi connectivity index (χ0v) is 11.7. The van der Waals surface area contributed by atoms with Crippen molar-refractivity contribution in [3.8, 4) is 0 Å². The first-order valence-corrected chi connectivity index (χ1v) is 7.08. The smallest absolute Gasteiger partial charge is 0.0624 e. The first kappa shape index (κ1) is 13.2. The van der Waals surface area contributed by atoms with Crippen LogP contribution in [0.3, 0.4) is 0 Å². The van der Waals surface area contributed by atoms with Gasteiger partial charge in [0.2, 0.25) is 0 Å². The Labute approximate surface area is 114 Å². The van der Waals surface area contributed by atoms with Crippen molar-refractivity contribution in [1.82, 2.24) is 5.32 Å². The highest BCUT2D eigenvalue weighted by atomic mass is 35.5. The SMILES string of the molecule is CNC(CCCc1cccc(Cl)c1Cl)C1CC1. The largest absolute Gasteiger partial charge is 0.317 e. The van der Waals surface area contributed by atoms with Crippen LogP contribution in [0, 0.1) is 5.92 Å². The van der Waals surface area contributed by atoms with Crippen molar-refractivity contribution in [3.05, 3.63) is 33.8 Å². The molecule has 0 aromatic heterocycles. The molecule has 1 aromatic carbocycles. The van der Waals surface area contributed by atoms with Crippen molar-refractivity contribution in [3.63, 3.8) is 0 Å². The van der Waals surface area contributed by atoms with Gasteiger partial charge in [-0.05, 0) is 56.7 Å². The lowest BCUT2D eigenvalue weighted by molar-refractivity contribution is 0.456. The third kappa shape index (κ3) is 3.61. The summed E-state index contributed by atoms with van der Waals surface area (Å²) in [5.74, 6) is 0.912. The quantitative estimate of drug-likeness (QED) is 0.813. The molecule has 1 saturated carbocycles. The molecule has 1 aliphatic rings. The van der Waals surface area contributed by atoms with Gasteiger partial charge in [0.05, 0.1) is 10.0 Å². The topological polar surface area (TPSA) is 12.0 Å². The second-order valence-corrected chi connectivity index (χ2v) is 5.62. The van der Waals surface area contributed by atoms with Crippen molar-refractivity contribution in [2.75, 3.05) is 7.05 Å². The summed E-state index contributed by atoms with van der Waals surface area (Å²) in [7, 11) is 2.06. The maximum Gasteiger partial charge on any atom is 0.0624 e. The summed E-state index contributed by atoms with van der Waals surface area (Å²) < 4.78 is 0. The van der Waals surface area contributed by atoms with Crippen LogP contribution in [0.1, 0.15) is 31.2 Å². The van der Waals surface area contributed by atoms with E-state index in [0.717, 1.165) is 17.4 Å². The van der Waals surface area contributed by atoms with Gasteiger partial charge in [-0.1, -0.05) is 35.3 Å². The monoisotopic (exact) mass is 271 g/mol. The molecule has 1 aliphatic carbocycles. The average molecular weight is 272 g/mol. The maximum absolute atomic E-state index is 6.17. The van der Waals surface area contributed by atoms with E-state index < -0.39 is 0 Å². The summed E-state index contributed by atoms with van der Waals surface area (Å²) >= 11 is 12.2. The molecule has 0 amide bonds. The molecule has 17 heavy (non-hydrogen) atoms. The van der Waals surface area contributed by atoms with Crippen LogP contribution >= 0.6 is 23.2 Å². The lowest BCUT2D eigenvalue weighted by atomic mass is 10.0. The van der Waals surface area contributed by atoms with Crippen LogP contribution < -0.4 is 5.32 Å². The van der Waals surface area contributed by atoms with Gasteiger partial charge in [0.15, 0.2) is 0 Å². The molecule has 94 valence electrons. The number of hydrogen-bond donors (Lipinski definition) is 1. The van der Waals surface area contributed by atoms with Gasteiger partial charge in [-0.3, -0.25) is 0 Å². The van der Waals surface area contributed by atoms with E-state index in [4.69, 9.17) is 23.2 Å². The minimum atomic E-state index is 0.663. The second kappa shape index (κ2) is 6.08. The lowest BCUT2D eigenvalue weighted by Gasteiger charge is -2.15. The summed E-state index contributed by atoms with van der Waals surface area (Å²) in [6.07, 6.45) is 6.20. The molecule has 0 saturated heterocycles. The normalized spacial score (nSPS) is 17.1. The van der Waals surface area contributed by atoms with Gasteiger partial charge >= 0.3 is 0 Å². The third-order valence-electron chi connectivity index (χ3n) is 3.55. The summed E-state index contributed by atoms with van der Waals surface area (Å²) in [4.78, 5) is 0. The summed E-state index contributed by atoms with van der Waals surface area (Å²) in [5, 5.41) is 4.80. The summed E-state index contributed by atoms with van der Waals surface area (Å²) in [5.41, 5.74) is 1.17. The molecule has 1 fully saturated rings. The van der Waals surface area contributed by atoms with Crippen LogP contribution in [0.15, 0.2) is 18.2 Å². The molecule has 2 rings (SSSR count). The first-order valence-electron chi connectivity index (χ1n) is 6.32. The van der Waals surface area contributed by atoms with E-state index in [-0.39, 0.29) is 0 Å². The van der Waals surface area contributed by atoms with Gasteiger partial charge < -0.3 is 5.32 Å². The van der Waals surface area contributed by atoms with Crippen molar-refractivity contribution in [1.29, 1.82) is 0 Å². The fourth-order valence-corrected chi connectivity index (χ4v) is 2.78. The van der Waals surface area contributed by atoms with Gasteiger partial charge in [-0.2, -0.15) is 0 Å². The Hall–Kier alpha value is -0.240. The van der Waals surface area contributed by atoms with Crippen LogP contribution in [-0.4, -0.2) is 13.1 Å². The van der Waals surface area contributed by atoms with Crippen molar-refractivity contribution < 1.29 is 0 Å². The van der Waals surface area contributed by atoms with Gasteiger partial charge in [0.1, 0.15) is 0 Å². The van der Waals surface area contributed by atoms with Gasteiger partial charge in [-0.15, -0.1) is 0 Å². The molecule has 1 nitrogen and oxygen atoms in total. The van der Waals surface area contributed by atoms with Crippen LogP contribution in [0.5, 0.6) is 0 Å². The zero-order valence-electron chi connectivity index (χ0n) is 10.2. The van der Waals surface area contributed by atoms with E-state index in [0.29, 0.717) is 11.1 Å². The molecule has 1 N–H and O–H groups in total. The molecular formula is C14H19Cl2N. The summed E-state index contributed by atoms with van der Waals surface area (Å²) in [6, 6.07) is 6.57. The molecule has 0 radical (unpaired) electrons. The van der Waals surface area contributed by atoms with Crippen molar-refractivity contribution in [2.24, 2.45) is 5.92 Å². The molecule has 0 bridgehead atoms. The van der Waals surface area contributed by atoms with Gasteiger partial charge in [-0.25, -0.2) is 0 Å². The van der Waals surface area contributed by atoms with E-state index in [1.165, 1.54) is 31.2 Å². The van der Waals surface area contributed by atoms with E-state index in [1.807, 2.05) is 12.1 Å². The Bertz CT molecular complexity index is 374. The van der Waals surface area contributed by atoms with E-state index >= 15 is 0 Å². The van der Waals surface area contributed by atoms with Crippen LogP contribution in [0.25, 0.3) is 0 Å². The Kier molecular flexibility index (Phi) is 4.72. The number of hydrogen-bond acceptors (Lipinski definition) is 1. The number of halogens is 2. The third-order valence-corrected chi connectivity index (χ3v) is 4.41. The Morgan fingerprint density at radius 3 is 2.76 bits per heavy atom. The Morgan fingerprint density at radius 1 is 1.35 bits per heavy atom. The maximum atomic E-state index is 6.17. The predicted molar refractivity (Wildman–Crippen MR) is 75.0 cm³/mol. The van der Waals surface area contributed by atoms with Crippen LogP contribution in [0.4, 0.5) is 0 Å². The molecule has 1 aromatic rings. The molecule has 3 heteroatoms. The highest BCUT2D eigenvalue weighted by Gasteiger charge is 2.29. The Balaban J connectivity index is 1.83. The molecule has 1 atom stereocenters. The fourth-order valence-electron chi connectivity index (χ4n) is 2.37. The highest BCUT2D eigenvalue weighted by molar-refractivity contribution is 6.42. The van der Waals surface area contributed by atoms with Crippen molar-refractivity contribution >= 4 is 23.2 Å². The van der Waals surface area contributed by atoms with Gasteiger partial charge in [0.25, 0.3) is 0 Å². The molecule has 0 aliphatic heterocycles. The summed E-state index contributed by atoms with van der Waals surface area (Å²) in [6.45, 7) is 0. The van der Waals surface area contributed by atoms with E-state index in [2.05, 4.69) is 18.4 Å². The first-order chi connectivity index (χ1) is 8.22. The van der Waals surface area contributed by atoms with Crippen LogP contribution in [0.2, 0.25) is 10.0 Å². The minimum Gasteiger partial charge on any atom is -0.317 e. The number of benzene rings is 1. The number of aryl methyl sites for hydroxylation is 1. The second-order valence-electron chi connectivity index (χ2n) is 4.84. The molecular weight excluding hydrogens is 253 g/mol. The highest BCUT2D eigenvalue weighted by Crippen LogP contribution is 2.34. The van der Waals surface area contributed by atoms with E-state index in [1.54, 1.807) is 0 Å². The zero-order chi connectivity index (χ0) is 12.3. The van der Waals surface area contributed by atoms with Crippen molar-refractivity contribution in [2.45, 2.75) is 38.1 Å². The predicted octanol–water partition coefficient (Wildman–Crippen LogP) is 4.31. The van der Waals surface area contributed by atoms with E-state index in [9.17, 15) is 0 Å². The molecule has 1 unspecified atom stereocenters. The minimum absolute atomic E-state index is 0.663. The molecule has 0 heterocycles. The lowest BCUT2D eigenvalue weighted by Crippen LogP contribution is -2.27. The fraction of sp³-hybridized carbons (Fsp3) is 0.571. The molecule has 0 spiro atoms. The van der Waals surface area contributed by atoms with Crippen LogP contribution in [-0.2, 0) is 6.42 Å². The average Bonchev–Trinajstić information content (AvgIpc) is 3.14. The standard InChI is InChI=1S/C14H19Cl2N/c1-17-13(10-8-9-10)7-3-5-11-4-2-6-12(15)14(11)16/h2,4,6,10,13,17H,3,5,7-9H2,1H3. The Morgan fingerprint density at radius 2 is 2.12 bits per heavy atom.